The minimum atomic E-state index is -3.25. The molecule has 3 rings (SSSR count). The van der Waals surface area contributed by atoms with Crippen LogP contribution in [0.25, 0.3) is 0 Å². The van der Waals surface area contributed by atoms with Crippen molar-refractivity contribution >= 4 is 30.8 Å². The summed E-state index contributed by atoms with van der Waals surface area (Å²) in [6.07, 6.45) is 0. The lowest BCUT2D eigenvalue weighted by atomic mass is 10.4. The summed E-state index contributed by atoms with van der Waals surface area (Å²) in [5.41, 5.74) is 0. The largest absolute Gasteiger partial charge is 0.368 e. The average molecular weight is 385 g/mol. The fraction of sp³-hybridized carbons (Fsp3) is 0.143. The summed E-state index contributed by atoms with van der Waals surface area (Å²) < 4.78 is 24.0. The smallest absolute Gasteiger partial charge is 0.309 e. The van der Waals surface area contributed by atoms with Crippen LogP contribution in [-0.2, 0) is 13.6 Å². The topological polar surface area (TPSA) is 35.5 Å². The van der Waals surface area contributed by atoms with Gasteiger partial charge in [-0.25, -0.2) is 0 Å². The van der Waals surface area contributed by atoms with E-state index in [2.05, 4.69) is 36.4 Å². The third kappa shape index (κ3) is 3.68. The third-order valence-corrected chi connectivity index (χ3v) is 12.3. The van der Waals surface area contributed by atoms with Crippen molar-refractivity contribution in [1.82, 2.24) is 0 Å². The van der Waals surface area contributed by atoms with E-state index in [1.165, 1.54) is 14.2 Å². The SMILES string of the molecule is COP(=O)(C[P+](c1ccccc1)(c1ccccc1)c1ccccc1)OC. The lowest BCUT2D eigenvalue weighted by Gasteiger charge is -2.29. The molecule has 3 nitrogen and oxygen atoms in total. The van der Waals surface area contributed by atoms with E-state index < -0.39 is 14.9 Å². The van der Waals surface area contributed by atoms with Gasteiger partial charge in [0.15, 0.2) is 5.90 Å². The van der Waals surface area contributed by atoms with Crippen LogP contribution in [0.3, 0.4) is 0 Å². The Morgan fingerprint density at radius 1 is 0.654 bits per heavy atom. The first-order valence-corrected chi connectivity index (χ1v) is 12.1. The van der Waals surface area contributed by atoms with Crippen LogP contribution >= 0.6 is 14.9 Å². The van der Waals surface area contributed by atoms with Crippen LogP contribution in [0.4, 0.5) is 0 Å². The van der Waals surface area contributed by atoms with Crippen LogP contribution in [-0.4, -0.2) is 20.1 Å². The Bertz CT molecular complexity index is 763. The molecule has 3 aromatic rings. The van der Waals surface area contributed by atoms with E-state index in [0.29, 0.717) is 5.90 Å². The van der Waals surface area contributed by atoms with Crippen molar-refractivity contribution in [1.29, 1.82) is 0 Å². The number of benzene rings is 3. The van der Waals surface area contributed by atoms with Crippen LogP contribution in [0, 0.1) is 0 Å². The first kappa shape index (κ1) is 19.0. The predicted octanol–water partition coefficient (Wildman–Crippen LogP) is 4.42. The van der Waals surface area contributed by atoms with Crippen LogP contribution in [0.1, 0.15) is 0 Å². The van der Waals surface area contributed by atoms with E-state index in [9.17, 15) is 4.57 Å². The summed E-state index contributed by atoms with van der Waals surface area (Å²) in [4.78, 5) is 0. The summed E-state index contributed by atoms with van der Waals surface area (Å²) in [7, 11) is -2.55. The molecule has 0 spiro atoms. The Morgan fingerprint density at radius 3 is 1.23 bits per heavy atom. The fourth-order valence-corrected chi connectivity index (χ4v) is 11.2. The molecule has 5 heteroatoms. The second-order valence-corrected chi connectivity index (χ2v) is 12.2. The Kier molecular flexibility index (Phi) is 6.06. The zero-order valence-corrected chi connectivity index (χ0v) is 16.8. The van der Waals surface area contributed by atoms with Gasteiger partial charge in [-0.2, -0.15) is 0 Å². The molecule has 0 amide bonds. The molecule has 0 aliphatic rings. The Balaban J connectivity index is 2.33. The van der Waals surface area contributed by atoms with Gasteiger partial charge in [0.1, 0.15) is 23.2 Å². The minimum absolute atomic E-state index is 0.324. The van der Waals surface area contributed by atoms with E-state index in [0.717, 1.165) is 15.9 Å². The maximum Gasteiger partial charge on any atom is 0.368 e. The monoisotopic (exact) mass is 385 g/mol. The van der Waals surface area contributed by atoms with E-state index in [-0.39, 0.29) is 0 Å². The highest BCUT2D eigenvalue weighted by Gasteiger charge is 2.51. The average Bonchev–Trinajstić information content (AvgIpc) is 2.74. The zero-order chi connectivity index (χ0) is 18.5. The highest BCUT2D eigenvalue weighted by atomic mass is 31.2. The van der Waals surface area contributed by atoms with Crippen molar-refractivity contribution in [2.75, 3.05) is 20.1 Å². The molecule has 134 valence electrons. The van der Waals surface area contributed by atoms with Crippen molar-refractivity contribution in [3.05, 3.63) is 91.0 Å². The second kappa shape index (κ2) is 8.29. The molecule has 0 N–H and O–H groups in total. The molecule has 0 saturated carbocycles. The molecule has 0 atom stereocenters. The van der Waals surface area contributed by atoms with E-state index >= 15 is 0 Å². The quantitative estimate of drug-likeness (QED) is 0.565. The molecule has 26 heavy (non-hydrogen) atoms. The molecular formula is C21H23O3P2+. The first-order valence-electron chi connectivity index (χ1n) is 8.40. The molecule has 0 aliphatic heterocycles. The molecule has 0 heterocycles. The van der Waals surface area contributed by atoms with Crippen molar-refractivity contribution in [3.63, 3.8) is 0 Å². The van der Waals surface area contributed by atoms with Crippen molar-refractivity contribution < 1.29 is 13.6 Å². The van der Waals surface area contributed by atoms with E-state index in [1.807, 2.05) is 54.6 Å². The predicted molar refractivity (Wildman–Crippen MR) is 112 cm³/mol. The van der Waals surface area contributed by atoms with Crippen molar-refractivity contribution in [3.8, 4) is 0 Å². The standard InChI is InChI=1S/C21H23O3P2/c1-23-26(22,24-2)18-25(19-12-6-3-7-13-19,20-14-8-4-9-15-20)21-16-10-5-11-17-21/h3-17H,18H2,1-2H3/q+1. The van der Waals surface area contributed by atoms with Gasteiger partial charge in [0, 0.05) is 14.2 Å². The van der Waals surface area contributed by atoms with Gasteiger partial charge in [0.05, 0.1) is 0 Å². The lowest BCUT2D eigenvalue weighted by Crippen LogP contribution is -2.33. The van der Waals surface area contributed by atoms with Crippen LogP contribution in [0.2, 0.25) is 0 Å². The summed E-state index contributed by atoms with van der Waals surface area (Å²) in [6.45, 7) is 0. The molecule has 3 aromatic carbocycles. The van der Waals surface area contributed by atoms with Gasteiger partial charge < -0.3 is 9.05 Å². The molecule has 0 aromatic heterocycles. The van der Waals surface area contributed by atoms with Crippen LogP contribution < -0.4 is 15.9 Å². The Hall–Kier alpha value is -1.76. The van der Waals surface area contributed by atoms with Gasteiger partial charge in [-0.15, -0.1) is 0 Å². The van der Waals surface area contributed by atoms with Gasteiger partial charge in [0.25, 0.3) is 0 Å². The van der Waals surface area contributed by atoms with Crippen molar-refractivity contribution in [2.24, 2.45) is 0 Å². The Labute approximate surface area is 155 Å². The number of hydrogen-bond acceptors (Lipinski definition) is 3. The molecule has 0 radical (unpaired) electrons. The number of hydrogen-bond donors (Lipinski definition) is 0. The van der Waals surface area contributed by atoms with E-state index in [1.54, 1.807) is 0 Å². The normalized spacial score (nSPS) is 12.1. The molecular weight excluding hydrogens is 362 g/mol. The van der Waals surface area contributed by atoms with Gasteiger partial charge in [-0.3, -0.25) is 4.57 Å². The second-order valence-electron chi connectivity index (χ2n) is 5.93. The minimum Gasteiger partial charge on any atom is -0.309 e. The van der Waals surface area contributed by atoms with Gasteiger partial charge >= 0.3 is 7.60 Å². The fourth-order valence-electron chi connectivity index (χ4n) is 3.19. The summed E-state index contributed by atoms with van der Waals surface area (Å²) in [5, 5.41) is 3.48. The first-order chi connectivity index (χ1) is 12.6. The molecule has 0 aliphatic carbocycles. The van der Waals surface area contributed by atoms with Gasteiger partial charge in [-0.05, 0) is 36.4 Å². The summed E-state index contributed by atoms with van der Waals surface area (Å²) >= 11 is 0. The molecule has 0 fully saturated rings. The zero-order valence-electron chi connectivity index (χ0n) is 15.0. The number of rotatable bonds is 7. The molecule has 0 unspecified atom stereocenters. The van der Waals surface area contributed by atoms with Crippen LogP contribution in [0.15, 0.2) is 91.0 Å². The van der Waals surface area contributed by atoms with Crippen molar-refractivity contribution in [2.45, 2.75) is 0 Å². The Morgan fingerprint density at radius 2 is 0.962 bits per heavy atom. The summed E-state index contributed by atoms with van der Waals surface area (Å²) in [6, 6.07) is 30.9. The van der Waals surface area contributed by atoms with Gasteiger partial charge in [0.2, 0.25) is 0 Å². The maximum absolute atomic E-state index is 13.3. The highest BCUT2D eigenvalue weighted by Crippen LogP contribution is 2.67. The van der Waals surface area contributed by atoms with Crippen LogP contribution in [0.5, 0.6) is 0 Å². The lowest BCUT2D eigenvalue weighted by molar-refractivity contribution is 0.280. The molecule has 0 saturated heterocycles. The summed E-state index contributed by atoms with van der Waals surface area (Å²) in [5.74, 6) is 0.324. The third-order valence-electron chi connectivity index (χ3n) is 4.53. The van der Waals surface area contributed by atoms with Gasteiger partial charge in [-0.1, -0.05) is 54.6 Å². The maximum atomic E-state index is 13.3. The highest BCUT2D eigenvalue weighted by molar-refractivity contribution is 8.00. The molecule has 0 bridgehead atoms. The van der Waals surface area contributed by atoms with E-state index in [4.69, 9.17) is 9.05 Å².